The summed E-state index contributed by atoms with van der Waals surface area (Å²) in [6.07, 6.45) is -9.73. The van der Waals surface area contributed by atoms with Crippen molar-refractivity contribution in [2.45, 2.75) is 12.5 Å². The van der Waals surface area contributed by atoms with E-state index in [1.807, 2.05) is 0 Å². The fraction of sp³-hybridized carbons (Fsp3) is 0.133. The lowest BCUT2D eigenvalue weighted by Crippen LogP contribution is -2.17. The summed E-state index contributed by atoms with van der Waals surface area (Å²) in [6.45, 7) is 0. The summed E-state index contributed by atoms with van der Waals surface area (Å²) in [4.78, 5) is 0. The van der Waals surface area contributed by atoms with Gasteiger partial charge >= 0.3 is 12.5 Å². The molecule has 23 heavy (non-hydrogen) atoms. The van der Waals surface area contributed by atoms with Crippen LogP contribution in [0, 0.1) is 11.3 Å². The third-order valence-corrected chi connectivity index (χ3v) is 2.85. The van der Waals surface area contributed by atoms with Crippen molar-refractivity contribution >= 4 is 0 Å². The molecule has 0 N–H and O–H groups in total. The molecule has 0 unspecified atom stereocenters. The van der Waals surface area contributed by atoms with E-state index in [9.17, 15) is 26.3 Å². The zero-order valence-electron chi connectivity index (χ0n) is 11.2. The maximum Gasteiger partial charge on any atom is 0.573 e. The largest absolute Gasteiger partial charge is 0.573 e. The van der Waals surface area contributed by atoms with Gasteiger partial charge in [0, 0.05) is 5.56 Å². The quantitative estimate of drug-likeness (QED) is 0.714. The third kappa shape index (κ3) is 3.94. The van der Waals surface area contributed by atoms with Gasteiger partial charge in [0.05, 0.1) is 17.2 Å². The molecule has 0 radical (unpaired) electrons. The van der Waals surface area contributed by atoms with E-state index in [1.165, 1.54) is 6.07 Å². The van der Waals surface area contributed by atoms with Crippen LogP contribution in [0.5, 0.6) is 5.75 Å². The summed E-state index contributed by atoms with van der Waals surface area (Å²) in [5.41, 5.74) is -2.10. The summed E-state index contributed by atoms with van der Waals surface area (Å²) in [6, 6.07) is 8.63. The Labute approximate surface area is 126 Å². The van der Waals surface area contributed by atoms with E-state index in [2.05, 4.69) is 4.74 Å². The Balaban J connectivity index is 2.63. The SMILES string of the molecule is N#Cc1cccc(C(F)(F)F)c1-c1cccc(OC(F)(F)F)c1. The third-order valence-electron chi connectivity index (χ3n) is 2.85. The Morgan fingerprint density at radius 3 is 2.13 bits per heavy atom. The molecule has 0 heterocycles. The molecule has 0 saturated heterocycles. The van der Waals surface area contributed by atoms with Gasteiger partial charge in [0.1, 0.15) is 5.75 Å². The van der Waals surface area contributed by atoms with Crippen LogP contribution >= 0.6 is 0 Å². The molecule has 0 atom stereocenters. The monoisotopic (exact) mass is 331 g/mol. The molecular formula is C15H7F6NO. The zero-order chi connectivity index (χ0) is 17.3. The minimum Gasteiger partial charge on any atom is -0.406 e. The summed E-state index contributed by atoms with van der Waals surface area (Å²) < 4.78 is 79.7. The molecule has 0 saturated carbocycles. The van der Waals surface area contributed by atoms with Crippen LogP contribution in [0.4, 0.5) is 26.3 Å². The van der Waals surface area contributed by atoms with Crippen molar-refractivity contribution in [1.29, 1.82) is 5.26 Å². The van der Waals surface area contributed by atoms with Crippen molar-refractivity contribution in [2.75, 3.05) is 0 Å². The van der Waals surface area contributed by atoms with E-state index in [1.54, 1.807) is 6.07 Å². The number of nitriles is 1. The number of hydrogen-bond acceptors (Lipinski definition) is 2. The number of ether oxygens (including phenoxy) is 1. The van der Waals surface area contributed by atoms with Gasteiger partial charge in [0.25, 0.3) is 0 Å². The molecule has 0 aliphatic carbocycles. The molecule has 0 aliphatic heterocycles. The predicted octanol–water partition coefficient (Wildman–Crippen LogP) is 5.14. The second-order valence-corrected chi connectivity index (χ2v) is 4.41. The van der Waals surface area contributed by atoms with E-state index in [0.29, 0.717) is 0 Å². The van der Waals surface area contributed by atoms with Crippen LogP contribution in [0.2, 0.25) is 0 Å². The maximum absolute atomic E-state index is 13.1. The van der Waals surface area contributed by atoms with Crippen LogP contribution in [0.15, 0.2) is 42.5 Å². The van der Waals surface area contributed by atoms with Gasteiger partial charge in [-0.25, -0.2) is 0 Å². The normalized spacial score (nSPS) is 11.9. The topological polar surface area (TPSA) is 33.0 Å². The van der Waals surface area contributed by atoms with E-state index >= 15 is 0 Å². The van der Waals surface area contributed by atoms with E-state index in [0.717, 1.165) is 36.4 Å². The standard InChI is InChI=1S/C15H7F6NO/c16-14(17,18)12-6-2-4-10(8-22)13(12)9-3-1-5-11(7-9)23-15(19,20)21/h1-7H. The lowest BCUT2D eigenvalue weighted by atomic mass is 9.94. The van der Waals surface area contributed by atoms with E-state index in [4.69, 9.17) is 5.26 Å². The fourth-order valence-corrected chi connectivity index (χ4v) is 2.04. The van der Waals surface area contributed by atoms with Crippen LogP contribution in [0.1, 0.15) is 11.1 Å². The number of hydrogen-bond donors (Lipinski definition) is 0. The second-order valence-electron chi connectivity index (χ2n) is 4.41. The first-order valence-electron chi connectivity index (χ1n) is 6.08. The number of benzene rings is 2. The molecule has 0 aromatic heterocycles. The van der Waals surface area contributed by atoms with Gasteiger partial charge in [-0.15, -0.1) is 13.2 Å². The number of nitrogens with zero attached hydrogens (tertiary/aromatic N) is 1. The number of rotatable bonds is 2. The van der Waals surface area contributed by atoms with Gasteiger partial charge in [-0.05, 0) is 29.8 Å². The smallest absolute Gasteiger partial charge is 0.406 e. The van der Waals surface area contributed by atoms with Gasteiger partial charge in [0.15, 0.2) is 0 Å². The average Bonchev–Trinajstić information content (AvgIpc) is 2.44. The summed E-state index contributed by atoms with van der Waals surface area (Å²) in [5, 5.41) is 9.00. The molecular weight excluding hydrogens is 324 g/mol. The molecule has 0 aliphatic rings. The van der Waals surface area contributed by atoms with E-state index in [-0.39, 0.29) is 11.1 Å². The molecule has 2 rings (SSSR count). The first-order valence-corrected chi connectivity index (χ1v) is 6.08. The highest BCUT2D eigenvalue weighted by molar-refractivity contribution is 5.75. The molecule has 8 heteroatoms. The molecule has 2 nitrogen and oxygen atoms in total. The summed E-state index contributed by atoms with van der Waals surface area (Å²) >= 11 is 0. The predicted molar refractivity (Wildman–Crippen MR) is 68.3 cm³/mol. The second kappa shape index (κ2) is 5.83. The maximum atomic E-state index is 13.1. The van der Waals surface area contributed by atoms with E-state index < -0.39 is 29.4 Å². The highest BCUT2D eigenvalue weighted by Gasteiger charge is 2.35. The number of alkyl halides is 6. The van der Waals surface area contributed by atoms with Gasteiger partial charge in [-0.1, -0.05) is 18.2 Å². The van der Waals surface area contributed by atoms with Gasteiger partial charge in [-0.2, -0.15) is 18.4 Å². The molecule has 2 aromatic rings. The molecule has 0 spiro atoms. The van der Waals surface area contributed by atoms with Crippen molar-refractivity contribution in [3.63, 3.8) is 0 Å². The van der Waals surface area contributed by atoms with Crippen molar-refractivity contribution in [1.82, 2.24) is 0 Å². The van der Waals surface area contributed by atoms with Crippen LogP contribution in [-0.2, 0) is 6.18 Å². The van der Waals surface area contributed by atoms with Crippen molar-refractivity contribution < 1.29 is 31.1 Å². The van der Waals surface area contributed by atoms with Gasteiger partial charge < -0.3 is 4.74 Å². The molecule has 0 bridgehead atoms. The lowest BCUT2D eigenvalue weighted by Gasteiger charge is -2.15. The summed E-state index contributed by atoms with van der Waals surface area (Å²) in [5.74, 6) is -0.670. The Hall–Kier alpha value is -2.69. The lowest BCUT2D eigenvalue weighted by molar-refractivity contribution is -0.274. The Morgan fingerprint density at radius 2 is 1.57 bits per heavy atom. The Bertz CT molecular complexity index is 758. The summed E-state index contributed by atoms with van der Waals surface area (Å²) in [7, 11) is 0. The minimum absolute atomic E-state index is 0.198. The van der Waals surface area contributed by atoms with Crippen LogP contribution in [0.3, 0.4) is 0 Å². The van der Waals surface area contributed by atoms with Crippen molar-refractivity contribution in [3.8, 4) is 22.9 Å². The van der Waals surface area contributed by atoms with Crippen molar-refractivity contribution in [2.24, 2.45) is 0 Å². The molecule has 2 aromatic carbocycles. The average molecular weight is 331 g/mol. The minimum atomic E-state index is -4.97. The van der Waals surface area contributed by atoms with Crippen LogP contribution in [-0.4, -0.2) is 6.36 Å². The fourth-order valence-electron chi connectivity index (χ4n) is 2.04. The first-order chi connectivity index (χ1) is 10.6. The highest BCUT2D eigenvalue weighted by atomic mass is 19.4. The molecule has 0 amide bonds. The van der Waals surface area contributed by atoms with Crippen LogP contribution in [0.25, 0.3) is 11.1 Å². The number of halogens is 6. The van der Waals surface area contributed by atoms with Crippen LogP contribution < -0.4 is 4.74 Å². The van der Waals surface area contributed by atoms with Crippen molar-refractivity contribution in [3.05, 3.63) is 53.6 Å². The highest BCUT2D eigenvalue weighted by Crippen LogP contribution is 2.40. The zero-order valence-corrected chi connectivity index (χ0v) is 11.2. The molecule has 120 valence electrons. The van der Waals surface area contributed by atoms with Gasteiger partial charge in [0.2, 0.25) is 0 Å². The Kier molecular flexibility index (Phi) is 4.23. The molecule has 0 fully saturated rings. The van der Waals surface area contributed by atoms with Gasteiger partial charge in [-0.3, -0.25) is 0 Å². The Morgan fingerprint density at radius 1 is 0.913 bits per heavy atom. The first kappa shape index (κ1) is 16.7.